The molecule has 24 heavy (non-hydrogen) atoms. The van der Waals surface area contributed by atoms with E-state index >= 15 is 0 Å². The lowest BCUT2D eigenvalue weighted by atomic mass is 10.0. The summed E-state index contributed by atoms with van der Waals surface area (Å²) < 4.78 is 22.7. The molecular weight excluding hydrogens is 342 g/mol. The van der Waals surface area contributed by atoms with E-state index in [0.717, 1.165) is 10.4 Å². The third kappa shape index (κ3) is 3.81. The topological polar surface area (TPSA) is 85.1 Å². The summed E-state index contributed by atoms with van der Waals surface area (Å²) >= 11 is 1.65. The molecule has 0 aliphatic heterocycles. The number of sulfonamides is 1. The molecule has 2 heterocycles. The van der Waals surface area contributed by atoms with E-state index in [-0.39, 0.29) is 10.9 Å². The molecule has 0 radical (unpaired) electrons. The number of primary sulfonamides is 1. The molecule has 0 saturated carbocycles. The Morgan fingerprint density at radius 1 is 1.12 bits per heavy atom. The first kappa shape index (κ1) is 16.6. The lowest BCUT2D eigenvalue weighted by Gasteiger charge is -2.19. The van der Waals surface area contributed by atoms with Crippen LogP contribution in [0.25, 0.3) is 0 Å². The van der Waals surface area contributed by atoms with E-state index in [9.17, 15) is 8.42 Å². The number of hydrogen-bond donors (Lipinski definition) is 2. The third-order valence-electron chi connectivity index (χ3n) is 3.60. The summed E-state index contributed by atoms with van der Waals surface area (Å²) in [6.07, 6.45) is 1.26. The van der Waals surface area contributed by atoms with Crippen molar-refractivity contribution < 1.29 is 8.42 Å². The van der Waals surface area contributed by atoms with E-state index in [1.165, 1.54) is 17.8 Å². The number of hydrogen-bond acceptors (Lipinski definition) is 5. The molecule has 2 aromatic heterocycles. The monoisotopic (exact) mass is 359 g/mol. The van der Waals surface area contributed by atoms with Crippen molar-refractivity contribution in [1.29, 1.82) is 0 Å². The van der Waals surface area contributed by atoms with Crippen molar-refractivity contribution >= 4 is 27.2 Å². The smallest absolute Gasteiger partial charge is 0.239 e. The molecule has 0 saturated heterocycles. The van der Waals surface area contributed by atoms with Crippen molar-refractivity contribution in [2.45, 2.75) is 17.9 Å². The fourth-order valence-electron chi connectivity index (χ4n) is 2.32. The second-order valence-corrected chi connectivity index (χ2v) is 7.97. The minimum absolute atomic E-state index is 0.00365. The molecule has 1 atom stereocenters. The molecule has 5 nitrogen and oxygen atoms in total. The van der Waals surface area contributed by atoms with Gasteiger partial charge in [-0.1, -0.05) is 35.9 Å². The summed E-state index contributed by atoms with van der Waals surface area (Å²) in [6.45, 7) is 2.05. The van der Waals surface area contributed by atoms with Gasteiger partial charge in [0.1, 0.15) is 10.7 Å². The van der Waals surface area contributed by atoms with Gasteiger partial charge in [-0.25, -0.2) is 18.5 Å². The summed E-state index contributed by atoms with van der Waals surface area (Å²) in [4.78, 5) is 5.32. The van der Waals surface area contributed by atoms with Crippen LogP contribution in [0.15, 0.2) is 65.0 Å². The van der Waals surface area contributed by atoms with Gasteiger partial charge in [-0.3, -0.25) is 0 Å². The Labute approximate surface area is 145 Å². The van der Waals surface area contributed by atoms with Gasteiger partial charge in [-0.15, -0.1) is 11.3 Å². The minimum Gasteiger partial charge on any atom is -0.358 e. The molecule has 3 aromatic rings. The van der Waals surface area contributed by atoms with Crippen LogP contribution in [0.3, 0.4) is 0 Å². The molecule has 0 amide bonds. The minimum atomic E-state index is -3.74. The van der Waals surface area contributed by atoms with Gasteiger partial charge in [0.25, 0.3) is 0 Å². The van der Waals surface area contributed by atoms with Gasteiger partial charge >= 0.3 is 0 Å². The maximum atomic E-state index is 11.3. The average Bonchev–Trinajstić information content (AvgIpc) is 3.07. The van der Waals surface area contributed by atoms with E-state index in [1.54, 1.807) is 17.4 Å². The van der Waals surface area contributed by atoms with E-state index in [1.807, 2.05) is 18.4 Å². The number of nitrogens with one attached hydrogen (secondary N) is 1. The predicted octanol–water partition coefficient (Wildman–Crippen LogP) is 3.30. The molecule has 0 aliphatic rings. The Morgan fingerprint density at radius 2 is 1.88 bits per heavy atom. The number of benzene rings is 1. The van der Waals surface area contributed by atoms with Gasteiger partial charge in [0.15, 0.2) is 0 Å². The zero-order chi connectivity index (χ0) is 17.2. The number of rotatable bonds is 5. The molecule has 0 bridgehead atoms. The molecule has 1 aromatic carbocycles. The predicted molar refractivity (Wildman–Crippen MR) is 96.6 cm³/mol. The van der Waals surface area contributed by atoms with Crippen LogP contribution in [-0.2, 0) is 10.0 Å². The van der Waals surface area contributed by atoms with Crippen molar-refractivity contribution in [2.24, 2.45) is 5.14 Å². The Bertz CT molecular complexity index is 903. The Hall–Kier alpha value is -2.22. The number of aryl methyl sites for hydroxylation is 1. The molecule has 0 spiro atoms. The number of nitrogens with two attached hydrogens (primary N) is 1. The van der Waals surface area contributed by atoms with E-state index in [0.29, 0.717) is 5.82 Å². The Balaban J connectivity index is 1.91. The van der Waals surface area contributed by atoms with Crippen LogP contribution in [0.4, 0.5) is 5.82 Å². The second-order valence-electron chi connectivity index (χ2n) is 5.43. The lowest BCUT2D eigenvalue weighted by molar-refractivity contribution is 0.597. The van der Waals surface area contributed by atoms with Gasteiger partial charge in [-0.2, -0.15) is 0 Å². The van der Waals surface area contributed by atoms with Crippen LogP contribution in [0.2, 0.25) is 0 Å². The summed E-state index contributed by atoms with van der Waals surface area (Å²) in [5.74, 6) is 0.585. The molecule has 3 rings (SSSR count). The fraction of sp³-hybridized carbons (Fsp3) is 0.118. The summed E-state index contributed by atoms with van der Waals surface area (Å²) in [5, 5.41) is 10.5. The first-order valence-corrected chi connectivity index (χ1v) is 9.71. The fourth-order valence-corrected chi connectivity index (χ4v) is 3.57. The second kappa shape index (κ2) is 6.72. The van der Waals surface area contributed by atoms with Crippen molar-refractivity contribution in [3.63, 3.8) is 0 Å². The van der Waals surface area contributed by atoms with Crippen molar-refractivity contribution in [3.05, 3.63) is 76.1 Å². The zero-order valence-corrected chi connectivity index (χ0v) is 14.6. The van der Waals surface area contributed by atoms with Gasteiger partial charge < -0.3 is 5.32 Å². The number of thiophene rings is 1. The zero-order valence-electron chi connectivity index (χ0n) is 13.0. The number of anilines is 1. The highest BCUT2D eigenvalue weighted by Crippen LogP contribution is 2.29. The third-order valence-corrected chi connectivity index (χ3v) is 5.43. The van der Waals surface area contributed by atoms with Crippen LogP contribution < -0.4 is 10.5 Å². The molecule has 0 fully saturated rings. The first-order valence-electron chi connectivity index (χ1n) is 7.29. The van der Waals surface area contributed by atoms with Crippen LogP contribution in [0, 0.1) is 6.92 Å². The Morgan fingerprint density at radius 3 is 2.42 bits per heavy atom. The molecule has 7 heteroatoms. The molecular formula is C17H17N3O2S2. The van der Waals surface area contributed by atoms with Crippen LogP contribution in [0.1, 0.15) is 22.0 Å². The van der Waals surface area contributed by atoms with Crippen LogP contribution in [0.5, 0.6) is 0 Å². The molecule has 124 valence electrons. The standard InChI is InChI=1S/C17H17N3O2S2/c1-12-4-6-13(7-5-12)17(15-3-2-10-23-15)20-16-9-8-14(11-19-16)24(18,21)22/h2-11,17H,1H3,(H,19,20)(H2,18,21,22)/t17-/m0/s1. The molecule has 3 N–H and O–H groups in total. The number of aromatic nitrogens is 1. The molecule has 0 aliphatic carbocycles. The summed E-state index contributed by atoms with van der Waals surface area (Å²) in [6, 6.07) is 15.3. The Kier molecular flexibility index (Phi) is 4.66. The van der Waals surface area contributed by atoms with E-state index < -0.39 is 10.0 Å². The van der Waals surface area contributed by atoms with E-state index in [4.69, 9.17) is 5.14 Å². The van der Waals surface area contributed by atoms with Crippen molar-refractivity contribution in [1.82, 2.24) is 4.98 Å². The lowest BCUT2D eigenvalue weighted by Crippen LogP contribution is -2.14. The largest absolute Gasteiger partial charge is 0.358 e. The van der Waals surface area contributed by atoms with Crippen molar-refractivity contribution in [3.8, 4) is 0 Å². The summed E-state index contributed by atoms with van der Waals surface area (Å²) in [5.41, 5.74) is 2.31. The first-order chi connectivity index (χ1) is 11.4. The SMILES string of the molecule is Cc1ccc([C@H](Nc2ccc(S(N)(=O)=O)cn2)c2cccs2)cc1. The average molecular weight is 359 g/mol. The normalized spacial score (nSPS) is 12.8. The highest BCUT2D eigenvalue weighted by atomic mass is 32.2. The highest BCUT2D eigenvalue weighted by molar-refractivity contribution is 7.89. The number of pyridine rings is 1. The van der Waals surface area contributed by atoms with Crippen LogP contribution >= 0.6 is 11.3 Å². The quantitative estimate of drug-likeness (QED) is 0.732. The van der Waals surface area contributed by atoms with Gasteiger partial charge in [-0.05, 0) is 36.1 Å². The van der Waals surface area contributed by atoms with E-state index in [2.05, 4.69) is 40.6 Å². The van der Waals surface area contributed by atoms with Crippen LogP contribution in [-0.4, -0.2) is 13.4 Å². The van der Waals surface area contributed by atoms with Gasteiger partial charge in [0.2, 0.25) is 10.0 Å². The highest BCUT2D eigenvalue weighted by Gasteiger charge is 2.16. The van der Waals surface area contributed by atoms with Gasteiger partial charge in [0.05, 0.1) is 6.04 Å². The maximum Gasteiger partial charge on any atom is 0.239 e. The maximum absolute atomic E-state index is 11.3. The van der Waals surface area contributed by atoms with Crippen molar-refractivity contribution in [2.75, 3.05) is 5.32 Å². The van der Waals surface area contributed by atoms with Gasteiger partial charge in [0, 0.05) is 11.1 Å². The number of nitrogens with zero attached hydrogens (tertiary/aromatic N) is 1. The molecule has 0 unspecified atom stereocenters. The summed E-state index contributed by atoms with van der Waals surface area (Å²) in [7, 11) is -3.74.